The molecule has 0 aromatic carbocycles. The second kappa shape index (κ2) is 9.57. The Morgan fingerprint density at radius 1 is 1.26 bits per heavy atom. The summed E-state index contributed by atoms with van der Waals surface area (Å²) in [6.07, 6.45) is 0.517. The van der Waals surface area contributed by atoms with Crippen molar-refractivity contribution in [2.45, 2.75) is 46.3 Å². The van der Waals surface area contributed by atoms with Gasteiger partial charge in [0.05, 0.1) is 12.1 Å². The first kappa shape index (κ1) is 20.4. The Balaban J connectivity index is 2.30. The number of hydrogen-bond donors (Lipinski definition) is 2. The lowest BCUT2D eigenvalue weighted by molar-refractivity contribution is -0.126. The Morgan fingerprint density at radius 3 is 2.39 bits per heavy atom. The number of nitrogens with one attached hydrogen (secondary N) is 1. The van der Waals surface area contributed by atoms with E-state index in [-0.39, 0.29) is 23.5 Å². The van der Waals surface area contributed by atoms with Gasteiger partial charge in [0.2, 0.25) is 5.91 Å². The second-order valence-corrected chi connectivity index (χ2v) is 7.53. The van der Waals surface area contributed by atoms with E-state index in [9.17, 15) is 9.90 Å². The molecule has 0 aromatic heterocycles. The number of nitrogens with zero attached hydrogens (tertiary/aromatic N) is 2. The number of β-amino-alcohol motifs (C(OH)–C–C–N with tert-alkyl or cyclic N) is 1. The third-order valence-corrected chi connectivity index (χ3v) is 4.59. The maximum Gasteiger partial charge on any atom is 0.237 e. The average Bonchev–Trinajstić information content (AvgIpc) is 2.50. The first-order valence-corrected chi connectivity index (χ1v) is 8.67. The molecule has 1 amide bonds. The molecule has 2 N–H and O–H groups in total. The molecule has 0 bridgehead atoms. The van der Waals surface area contributed by atoms with E-state index in [4.69, 9.17) is 4.74 Å². The van der Waals surface area contributed by atoms with Crippen molar-refractivity contribution in [2.24, 2.45) is 5.41 Å². The van der Waals surface area contributed by atoms with Crippen LogP contribution in [0, 0.1) is 5.41 Å². The number of ether oxygens (including phenoxy) is 1. The Bertz CT molecular complexity index is 349. The van der Waals surface area contributed by atoms with E-state index in [1.807, 2.05) is 6.92 Å². The summed E-state index contributed by atoms with van der Waals surface area (Å²) >= 11 is 0. The quantitative estimate of drug-likeness (QED) is 0.637. The van der Waals surface area contributed by atoms with Crippen LogP contribution in [0.5, 0.6) is 0 Å². The van der Waals surface area contributed by atoms with Gasteiger partial charge in [-0.2, -0.15) is 0 Å². The van der Waals surface area contributed by atoms with Gasteiger partial charge in [-0.3, -0.25) is 14.6 Å². The second-order valence-electron chi connectivity index (χ2n) is 7.53. The van der Waals surface area contributed by atoms with Gasteiger partial charge in [-0.05, 0) is 18.8 Å². The highest BCUT2D eigenvalue weighted by molar-refractivity contribution is 5.81. The predicted octanol–water partition coefficient (Wildman–Crippen LogP) is 0.552. The largest absolute Gasteiger partial charge is 0.391 e. The third-order valence-electron chi connectivity index (χ3n) is 4.59. The smallest absolute Gasteiger partial charge is 0.237 e. The molecule has 0 radical (unpaired) electrons. The van der Waals surface area contributed by atoms with Crippen molar-refractivity contribution in [2.75, 3.05) is 53.0 Å². The SMILES string of the molecule is COCCCNC(=O)[C@H](C)N1CCN(C[C@@H](O)C(C)(C)C)CC1. The fourth-order valence-corrected chi connectivity index (χ4v) is 2.59. The Morgan fingerprint density at radius 2 is 1.87 bits per heavy atom. The van der Waals surface area contributed by atoms with Gasteiger partial charge in [-0.15, -0.1) is 0 Å². The van der Waals surface area contributed by atoms with Crippen LogP contribution in [0.2, 0.25) is 0 Å². The monoisotopic (exact) mass is 329 g/mol. The van der Waals surface area contributed by atoms with Gasteiger partial charge in [-0.25, -0.2) is 0 Å². The van der Waals surface area contributed by atoms with Crippen LogP contribution in [-0.2, 0) is 9.53 Å². The fourth-order valence-electron chi connectivity index (χ4n) is 2.59. The normalized spacial score (nSPS) is 20.3. The van der Waals surface area contributed by atoms with E-state index in [0.29, 0.717) is 19.7 Å². The number of piperazine rings is 1. The van der Waals surface area contributed by atoms with Gasteiger partial charge in [0.15, 0.2) is 0 Å². The summed E-state index contributed by atoms with van der Waals surface area (Å²) in [6.45, 7) is 13.7. The molecule has 1 saturated heterocycles. The standard InChI is InChI=1S/C17H35N3O3/c1-14(16(22)18-7-6-12-23-5)20-10-8-19(9-11-20)13-15(21)17(2,3)4/h14-15,21H,6-13H2,1-5H3,(H,18,22)/t14-,15+/m0/s1. The first-order valence-electron chi connectivity index (χ1n) is 8.67. The number of hydrogen-bond acceptors (Lipinski definition) is 5. The molecule has 1 heterocycles. The highest BCUT2D eigenvalue weighted by Gasteiger charge is 2.29. The molecule has 0 aliphatic carbocycles. The van der Waals surface area contributed by atoms with Crippen LogP contribution < -0.4 is 5.32 Å². The van der Waals surface area contributed by atoms with Crippen molar-refractivity contribution in [1.82, 2.24) is 15.1 Å². The van der Waals surface area contributed by atoms with Crippen LogP contribution in [0.15, 0.2) is 0 Å². The lowest BCUT2D eigenvalue weighted by Gasteiger charge is -2.39. The minimum Gasteiger partial charge on any atom is -0.391 e. The number of carbonyl (C=O) groups excluding carboxylic acids is 1. The average molecular weight is 329 g/mol. The summed E-state index contributed by atoms with van der Waals surface area (Å²) in [5.74, 6) is 0.0873. The van der Waals surface area contributed by atoms with E-state index in [0.717, 1.165) is 32.6 Å². The van der Waals surface area contributed by atoms with Crippen LogP contribution in [0.4, 0.5) is 0 Å². The van der Waals surface area contributed by atoms with Gasteiger partial charge in [0, 0.05) is 53.0 Å². The molecule has 0 aromatic rings. The van der Waals surface area contributed by atoms with Gasteiger partial charge < -0.3 is 15.2 Å². The molecule has 0 spiro atoms. The molecular formula is C17H35N3O3. The van der Waals surface area contributed by atoms with E-state index < -0.39 is 0 Å². The van der Waals surface area contributed by atoms with Crippen LogP contribution in [-0.4, -0.2) is 85.9 Å². The highest BCUT2D eigenvalue weighted by Crippen LogP contribution is 2.20. The van der Waals surface area contributed by atoms with Crippen LogP contribution >= 0.6 is 0 Å². The maximum atomic E-state index is 12.1. The summed E-state index contributed by atoms with van der Waals surface area (Å²) < 4.78 is 4.98. The van der Waals surface area contributed by atoms with Crippen LogP contribution in [0.1, 0.15) is 34.1 Å². The van der Waals surface area contributed by atoms with E-state index in [1.54, 1.807) is 7.11 Å². The van der Waals surface area contributed by atoms with E-state index in [2.05, 4.69) is 35.9 Å². The topological polar surface area (TPSA) is 65.0 Å². The van der Waals surface area contributed by atoms with Crippen molar-refractivity contribution in [3.8, 4) is 0 Å². The minimum atomic E-state index is -0.324. The van der Waals surface area contributed by atoms with Crippen LogP contribution in [0.25, 0.3) is 0 Å². The molecule has 6 heteroatoms. The Labute approximate surface area is 141 Å². The molecule has 136 valence electrons. The van der Waals surface area contributed by atoms with E-state index >= 15 is 0 Å². The Kier molecular flexibility index (Phi) is 8.47. The summed E-state index contributed by atoms with van der Waals surface area (Å²) in [7, 11) is 1.67. The molecule has 23 heavy (non-hydrogen) atoms. The molecule has 1 rings (SSSR count). The number of rotatable bonds is 8. The van der Waals surface area contributed by atoms with Gasteiger partial charge in [-0.1, -0.05) is 20.8 Å². The van der Waals surface area contributed by atoms with Gasteiger partial charge in [0.25, 0.3) is 0 Å². The number of methoxy groups -OCH3 is 1. The molecule has 0 unspecified atom stereocenters. The van der Waals surface area contributed by atoms with E-state index in [1.165, 1.54) is 0 Å². The third kappa shape index (κ3) is 7.16. The summed E-state index contributed by atoms with van der Waals surface area (Å²) in [5, 5.41) is 13.2. The van der Waals surface area contributed by atoms with Crippen molar-refractivity contribution in [3.05, 3.63) is 0 Å². The molecule has 1 aliphatic heterocycles. The number of carbonyl (C=O) groups is 1. The first-order chi connectivity index (χ1) is 10.8. The van der Waals surface area contributed by atoms with Crippen molar-refractivity contribution in [1.29, 1.82) is 0 Å². The number of amides is 1. The van der Waals surface area contributed by atoms with Crippen molar-refractivity contribution >= 4 is 5.91 Å². The molecular weight excluding hydrogens is 294 g/mol. The summed E-state index contributed by atoms with van der Waals surface area (Å²) in [5.41, 5.74) is -0.0908. The molecule has 1 fully saturated rings. The van der Waals surface area contributed by atoms with Gasteiger partial charge in [0.1, 0.15) is 0 Å². The minimum absolute atomic E-state index is 0.0873. The maximum absolute atomic E-state index is 12.1. The fraction of sp³-hybridized carbons (Fsp3) is 0.941. The lowest BCUT2D eigenvalue weighted by atomic mass is 9.89. The van der Waals surface area contributed by atoms with Crippen molar-refractivity contribution < 1.29 is 14.6 Å². The van der Waals surface area contributed by atoms with Crippen LogP contribution in [0.3, 0.4) is 0 Å². The zero-order valence-corrected chi connectivity index (χ0v) is 15.5. The molecule has 6 nitrogen and oxygen atoms in total. The number of aliphatic hydroxyl groups excluding tert-OH is 1. The highest BCUT2D eigenvalue weighted by atomic mass is 16.5. The zero-order valence-electron chi connectivity index (χ0n) is 15.5. The zero-order chi connectivity index (χ0) is 17.5. The van der Waals surface area contributed by atoms with Gasteiger partial charge >= 0.3 is 0 Å². The Hall–Kier alpha value is -0.690. The summed E-state index contributed by atoms with van der Waals surface area (Å²) in [6, 6.07) is -0.104. The predicted molar refractivity (Wildman–Crippen MR) is 92.4 cm³/mol. The molecule has 2 atom stereocenters. The number of aliphatic hydroxyl groups is 1. The summed E-state index contributed by atoms with van der Waals surface area (Å²) in [4.78, 5) is 16.7. The lowest BCUT2D eigenvalue weighted by Crippen LogP contribution is -2.55. The molecule has 0 saturated carbocycles. The van der Waals surface area contributed by atoms with Crippen molar-refractivity contribution in [3.63, 3.8) is 0 Å². The molecule has 1 aliphatic rings.